The Labute approximate surface area is 124 Å². The van der Waals surface area contributed by atoms with Crippen LogP contribution in [0, 0.1) is 11.8 Å². The minimum atomic E-state index is -2.99. The summed E-state index contributed by atoms with van der Waals surface area (Å²) >= 11 is 0. The summed E-state index contributed by atoms with van der Waals surface area (Å²) in [7, 11) is -2.99. The Morgan fingerprint density at radius 1 is 1.29 bits per heavy atom. The Kier molecular flexibility index (Phi) is 4.99. The Hall–Kier alpha value is -1.84. The molecule has 0 aromatic heterocycles. The fourth-order valence-corrected chi connectivity index (χ4v) is 3.25. The molecule has 1 amide bonds. The first-order chi connectivity index (χ1) is 10.0. The van der Waals surface area contributed by atoms with Gasteiger partial charge in [-0.3, -0.25) is 4.79 Å². The molecule has 112 valence electrons. The summed E-state index contributed by atoms with van der Waals surface area (Å²) in [6, 6.07) is 6.93. The van der Waals surface area contributed by atoms with Crippen molar-refractivity contribution in [1.29, 1.82) is 0 Å². The molecular weight excluding hydrogens is 290 g/mol. The first-order valence-corrected chi connectivity index (χ1v) is 8.53. The van der Waals surface area contributed by atoms with Crippen LogP contribution in [0.1, 0.15) is 22.3 Å². The third kappa shape index (κ3) is 4.31. The minimum absolute atomic E-state index is 0.00781. The zero-order valence-electron chi connectivity index (χ0n) is 11.6. The second kappa shape index (κ2) is 6.74. The van der Waals surface area contributed by atoms with Gasteiger partial charge in [-0.25, -0.2) is 8.42 Å². The molecule has 1 N–H and O–H groups in total. The van der Waals surface area contributed by atoms with Gasteiger partial charge in [-0.2, -0.15) is 0 Å². The second-order valence-corrected chi connectivity index (χ2v) is 7.10. The summed E-state index contributed by atoms with van der Waals surface area (Å²) in [5.74, 6) is 5.56. The number of nitrogens with zero attached hydrogens (tertiary/aromatic N) is 1. The molecule has 6 heteroatoms. The van der Waals surface area contributed by atoms with Gasteiger partial charge in [-0.05, 0) is 18.2 Å². The molecule has 0 radical (unpaired) electrons. The Bertz CT molecular complexity index is 671. The molecule has 1 saturated heterocycles. The molecule has 1 aliphatic heterocycles. The van der Waals surface area contributed by atoms with Crippen LogP contribution < -0.4 is 0 Å². The van der Waals surface area contributed by atoms with E-state index in [4.69, 9.17) is 5.11 Å². The number of carbonyl (C=O) groups is 1. The summed E-state index contributed by atoms with van der Waals surface area (Å²) in [6.45, 7) is 0.483. The average molecular weight is 307 g/mol. The normalized spacial score (nSPS) is 16.9. The number of aliphatic hydroxyl groups is 1. The van der Waals surface area contributed by atoms with Crippen molar-refractivity contribution in [1.82, 2.24) is 4.90 Å². The lowest BCUT2D eigenvalue weighted by Gasteiger charge is -2.26. The van der Waals surface area contributed by atoms with Crippen molar-refractivity contribution in [3.8, 4) is 11.8 Å². The minimum Gasteiger partial charge on any atom is -0.395 e. The Balaban J connectivity index is 2.10. The highest BCUT2D eigenvalue weighted by molar-refractivity contribution is 7.91. The van der Waals surface area contributed by atoms with Crippen LogP contribution in [0.25, 0.3) is 0 Å². The summed E-state index contributed by atoms with van der Waals surface area (Å²) in [6.07, 6.45) is 0.391. The van der Waals surface area contributed by atoms with Gasteiger partial charge < -0.3 is 10.0 Å². The summed E-state index contributed by atoms with van der Waals surface area (Å²) in [4.78, 5) is 13.9. The van der Waals surface area contributed by atoms with Crippen LogP contribution in [0.15, 0.2) is 24.3 Å². The van der Waals surface area contributed by atoms with E-state index < -0.39 is 9.84 Å². The van der Waals surface area contributed by atoms with Gasteiger partial charge in [0.15, 0.2) is 9.84 Å². The van der Waals surface area contributed by atoms with Gasteiger partial charge in [-0.15, -0.1) is 0 Å². The summed E-state index contributed by atoms with van der Waals surface area (Å²) in [5.41, 5.74) is 1.21. The van der Waals surface area contributed by atoms with Crippen molar-refractivity contribution in [3.63, 3.8) is 0 Å². The van der Waals surface area contributed by atoms with E-state index in [1.54, 1.807) is 29.2 Å². The van der Waals surface area contributed by atoms with Crippen LogP contribution in [-0.2, 0) is 9.84 Å². The molecule has 1 aromatic rings. The van der Waals surface area contributed by atoms with Gasteiger partial charge in [0.05, 0.1) is 18.1 Å². The third-order valence-corrected chi connectivity index (χ3v) is 4.82. The molecule has 1 aromatic carbocycles. The topological polar surface area (TPSA) is 74.7 Å². The molecule has 2 rings (SSSR count). The van der Waals surface area contributed by atoms with Crippen molar-refractivity contribution in [3.05, 3.63) is 35.4 Å². The second-order valence-electron chi connectivity index (χ2n) is 4.80. The van der Waals surface area contributed by atoms with Gasteiger partial charge >= 0.3 is 0 Å². The van der Waals surface area contributed by atoms with E-state index in [0.717, 1.165) is 0 Å². The van der Waals surface area contributed by atoms with Crippen molar-refractivity contribution < 1.29 is 18.3 Å². The molecule has 21 heavy (non-hydrogen) atoms. The van der Waals surface area contributed by atoms with Crippen LogP contribution >= 0.6 is 0 Å². The van der Waals surface area contributed by atoms with Crippen molar-refractivity contribution in [2.75, 3.05) is 31.2 Å². The first-order valence-electron chi connectivity index (χ1n) is 6.71. The molecule has 1 aliphatic rings. The highest BCUT2D eigenvalue weighted by atomic mass is 32.2. The van der Waals surface area contributed by atoms with E-state index >= 15 is 0 Å². The SMILES string of the molecule is O=C(c1cccc(C#CCCO)c1)N1CCS(=O)(=O)CC1. The van der Waals surface area contributed by atoms with Crippen LogP contribution in [0.3, 0.4) is 0 Å². The number of rotatable bonds is 2. The maximum absolute atomic E-state index is 12.3. The maximum atomic E-state index is 12.3. The zero-order chi connectivity index (χ0) is 15.3. The zero-order valence-corrected chi connectivity index (χ0v) is 12.4. The molecular formula is C15H17NO4S. The van der Waals surface area contributed by atoms with E-state index in [1.165, 1.54) is 0 Å². The summed E-state index contributed by atoms with van der Waals surface area (Å²) < 4.78 is 22.8. The van der Waals surface area contributed by atoms with Gasteiger partial charge in [0, 0.05) is 30.6 Å². The predicted molar refractivity (Wildman–Crippen MR) is 79.6 cm³/mol. The number of hydrogen-bond donors (Lipinski definition) is 1. The molecule has 0 atom stereocenters. The molecule has 0 unspecified atom stereocenters. The van der Waals surface area contributed by atoms with Crippen molar-refractivity contribution >= 4 is 15.7 Å². The number of benzene rings is 1. The van der Waals surface area contributed by atoms with Crippen molar-refractivity contribution in [2.45, 2.75) is 6.42 Å². The summed E-state index contributed by atoms with van der Waals surface area (Å²) in [5, 5.41) is 8.69. The largest absolute Gasteiger partial charge is 0.395 e. The lowest BCUT2D eigenvalue weighted by atomic mass is 10.1. The third-order valence-electron chi connectivity index (χ3n) is 3.21. The molecule has 1 heterocycles. The van der Waals surface area contributed by atoms with Gasteiger partial charge in [-0.1, -0.05) is 17.9 Å². The fraction of sp³-hybridized carbons (Fsp3) is 0.400. The first kappa shape index (κ1) is 15.5. The van der Waals surface area contributed by atoms with Crippen molar-refractivity contribution in [2.24, 2.45) is 0 Å². The number of amides is 1. The lowest BCUT2D eigenvalue weighted by molar-refractivity contribution is 0.0770. The molecule has 1 fully saturated rings. The molecule has 0 spiro atoms. The van der Waals surface area contributed by atoms with E-state index in [-0.39, 0.29) is 37.1 Å². The molecule has 0 aliphatic carbocycles. The Morgan fingerprint density at radius 3 is 2.67 bits per heavy atom. The van der Waals surface area contributed by atoms with Crippen LogP contribution in [0.2, 0.25) is 0 Å². The van der Waals surface area contributed by atoms with Gasteiger partial charge in [0.25, 0.3) is 5.91 Å². The quantitative estimate of drug-likeness (QED) is 0.797. The van der Waals surface area contributed by atoms with Crippen LogP contribution in [0.4, 0.5) is 0 Å². The molecule has 0 bridgehead atoms. The fourth-order valence-electron chi connectivity index (χ4n) is 2.05. The highest BCUT2D eigenvalue weighted by Gasteiger charge is 2.25. The number of carbonyl (C=O) groups excluding carboxylic acids is 1. The smallest absolute Gasteiger partial charge is 0.253 e. The maximum Gasteiger partial charge on any atom is 0.253 e. The van der Waals surface area contributed by atoms with Crippen LogP contribution in [-0.4, -0.2) is 55.5 Å². The molecule has 0 saturated carbocycles. The Morgan fingerprint density at radius 2 is 2.00 bits per heavy atom. The van der Waals surface area contributed by atoms with Gasteiger partial charge in [0.1, 0.15) is 0 Å². The van der Waals surface area contributed by atoms with Crippen LogP contribution in [0.5, 0.6) is 0 Å². The standard InChI is InChI=1S/C15H17NO4S/c17-9-2-1-4-13-5-3-6-14(12-13)15(18)16-7-10-21(19,20)11-8-16/h3,5-6,12,17H,2,7-11H2. The van der Waals surface area contributed by atoms with E-state index in [2.05, 4.69) is 11.8 Å². The average Bonchev–Trinajstić information content (AvgIpc) is 2.47. The van der Waals surface area contributed by atoms with Gasteiger partial charge in [0.2, 0.25) is 0 Å². The lowest BCUT2D eigenvalue weighted by Crippen LogP contribution is -2.43. The van der Waals surface area contributed by atoms with E-state index in [0.29, 0.717) is 17.5 Å². The van der Waals surface area contributed by atoms with E-state index in [9.17, 15) is 13.2 Å². The predicted octanol–water partition coefficient (Wildman–Crippen LogP) is 0.291. The number of sulfone groups is 1. The number of aliphatic hydroxyl groups excluding tert-OH is 1. The number of hydrogen-bond acceptors (Lipinski definition) is 4. The highest BCUT2D eigenvalue weighted by Crippen LogP contribution is 2.11. The van der Waals surface area contributed by atoms with E-state index in [1.807, 2.05) is 0 Å². The molecule has 5 nitrogen and oxygen atoms in total. The monoisotopic (exact) mass is 307 g/mol.